The topological polar surface area (TPSA) is 88.2 Å². The molecule has 0 aliphatic rings. The van der Waals surface area contributed by atoms with E-state index in [0.717, 1.165) is 0 Å². The van der Waals surface area contributed by atoms with Crippen LogP contribution in [0.25, 0.3) is 5.69 Å². The SMILES string of the molecule is O=C(O)Cc1c(Cl)nnn1-c1ccccc1O. The van der Waals surface area contributed by atoms with Gasteiger partial charge in [0.15, 0.2) is 5.15 Å². The van der Waals surface area contributed by atoms with Gasteiger partial charge in [-0.15, -0.1) is 5.10 Å². The minimum atomic E-state index is -1.05. The van der Waals surface area contributed by atoms with Crippen LogP contribution in [0.5, 0.6) is 5.75 Å². The summed E-state index contributed by atoms with van der Waals surface area (Å²) >= 11 is 5.75. The number of hydrogen-bond acceptors (Lipinski definition) is 4. The number of aromatic nitrogens is 3. The maximum absolute atomic E-state index is 10.7. The van der Waals surface area contributed by atoms with E-state index in [9.17, 15) is 9.90 Å². The van der Waals surface area contributed by atoms with E-state index in [1.807, 2.05) is 0 Å². The molecule has 0 bridgehead atoms. The average Bonchev–Trinajstić information content (AvgIpc) is 2.61. The van der Waals surface area contributed by atoms with Crippen molar-refractivity contribution in [1.82, 2.24) is 15.0 Å². The molecule has 1 aromatic carbocycles. The van der Waals surface area contributed by atoms with Crippen LogP contribution in [0.15, 0.2) is 24.3 Å². The van der Waals surface area contributed by atoms with Crippen molar-refractivity contribution in [3.8, 4) is 11.4 Å². The molecule has 0 saturated carbocycles. The second kappa shape index (κ2) is 4.42. The largest absolute Gasteiger partial charge is 0.506 e. The number of phenolic OH excluding ortho intramolecular Hbond substituents is 1. The summed E-state index contributed by atoms with van der Waals surface area (Å²) in [5.41, 5.74) is 0.559. The molecular weight excluding hydrogens is 246 g/mol. The van der Waals surface area contributed by atoms with Crippen molar-refractivity contribution >= 4 is 17.6 Å². The minimum absolute atomic E-state index is 0.00986. The first-order valence-corrected chi connectivity index (χ1v) is 5.07. The lowest BCUT2D eigenvalue weighted by Gasteiger charge is -2.06. The molecule has 0 atom stereocenters. The number of halogens is 1. The number of aromatic hydroxyl groups is 1. The Kier molecular flexibility index (Phi) is 2.97. The first-order chi connectivity index (χ1) is 8.09. The Labute approximate surface area is 101 Å². The number of rotatable bonds is 3. The fourth-order valence-electron chi connectivity index (χ4n) is 1.41. The van der Waals surface area contributed by atoms with Crippen LogP contribution in [0.1, 0.15) is 5.69 Å². The van der Waals surface area contributed by atoms with Crippen molar-refractivity contribution < 1.29 is 15.0 Å². The van der Waals surface area contributed by atoms with Gasteiger partial charge in [0.05, 0.1) is 12.1 Å². The molecule has 17 heavy (non-hydrogen) atoms. The zero-order valence-electron chi connectivity index (χ0n) is 8.54. The van der Waals surface area contributed by atoms with Gasteiger partial charge in [-0.3, -0.25) is 4.79 Å². The normalized spacial score (nSPS) is 10.4. The highest BCUT2D eigenvalue weighted by Gasteiger charge is 2.17. The van der Waals surface area contributed by atoms with Crippen molar-refractivity contribution in [1.29, 1.82) is 0 Å². The first kappa shape index (κ1) is 11.4. The molecule has 1 aromatic heterocycles. The molecule has 0 aliphatic heterocycles. The van der Waals surface area contributed by atoms with E-state index in [1.165, 1.54) is 10.7 Å². The summed E-state index contributed by atoms with van der Waals surface area (Å²) in [7, 11) is 0. The predicted molar refractivity (Wildman–Crippen MR) is 59.4 cm³/mol. The molecule has 2 rings (SSSR count). The average molecular weight is 254 g/mol. The number of benzene rings is 1. The van der Waals surface area contributed by atoms with E-state index >= 15 is 0 Å². The molecule has 2 aromatic rings. The number of phenols is 1. The maximum Gasteiger partial charge on any atom is 0.309 e. The van der Waals surface area contributed by atoms with E-state index in [1.54, 1.807) is 18.2 Å². The summed E-state index contributed by atoms with van der Waals surface area (Å²) in [6.07, 6.45) is -0.319. The lowest BCUT2D eigenvalue weighted by Crippen LogP contribution is -2.08. The number of carbonyl (C=O) groups is 1. The smallest absolute Gasteiger partial charge is 0.309 e. The molecule has 0 saturated heterocycles. The van der Waals surface area contributed by atoms with Gasteiger partial charge in [-0.25, -0.2) is 4.68 Å². The lowest BCUT2D eigenvalue weighted by molar-refractivity contribution is -0.136. The van der Waals surface area contributed by atoms with Gasteiger partial charge in [-0.1, -0.05) is 28.9 Å². The van der Waals surface area contributed by atoms with Crippen LogP contribution in [0.4, 0.5) is 0 Å². The van der Waals surface area contributed by atoms with E-state index in [0.29, 0.717) is 5.69 Å². The zero-order chi connectivity index (χ0) is 12.4. The predicted octanol–water partition coefficient (Wildman–Crippen LogP) is 1.25. The van der Waals surface area contributed by atoms with Gasteiger partial charge in [0.1, 0.15) is 11.4 Å². The summed E-state index contributed by atoms with van der Waals surface area (Å²) in [6.45, 7) is 0. The van der Waals surface area contributed by atoms with Gasteiger partial charge < -0.3 is 10.2 Å². The van der Waals surface area contributed by atoms with Crippen molar-refractivity contribution in [3.05, 3.63) is 35.1 Å². The second-order valence-electron chi connectivity index (χ2n) is 3.30. The van der Waals surface area contributed by atoms with Crippen LogP contribution < -0.4 is 0 Å². The van der Waals surface area contributed by atoms with Crippen molar-refractivity contribution in [2.75, 3.05) is 0 Å². The van der Waals surface area contributed by atoms with E-state index < -0.39 is 5.97 Å². The summed E-state index contributed by atoms with van der Waals surface area (Å²) in [5, 5.41) is 25.7. The summed E-state index contributed by atoms with van der Waals surface area (Å²) in [4.78, 5) is 10.7. The zero-order valence-corrected chi connectivity index (χ0v) is 9.29. The molecule has 88 valence electrons. The number of carboxylic acids is 1. The Morgan fingerprint density at radius 2 is 2.12 bits per heavy atom. The Balaban J connectivity index is 2.53. The molecule has 7 heteroatoms. The number of nitrogens with zero attached hydrogens (tertiary/aromatic N) is 3. The van der Waals surface area contributed by atoms with Gasteiger partial charge in [0.2, 0.25) is 0 Å². The number of aliphatic carboxylic acids is 1. The van der Waals surface area contributed by atoms with E-state index in [4.69, 9.17) is 16.7 Å². The first-order valence-electron chi connectivity index (χ1n) is 4.70. The van der Waals surface area contributed by atoms with Crippen molar-refractivity contribution in [2.24, 2.45) is 0 Å². The Morgan fingerprint density at radius 1 is 1.41 bits per heavy atom. The molecule has 1 heterocycles. The molecule has 0 spiro atoms. The van der Waals surface area contributed by atoms with Gasteiger partial charge in [0.25, 0.3) is 0 Å². The standard InChI is InChI=1S/C10H8ClN3O3/c11-10-7(5-9(16)17)14(13-12-10)6-3-1-2-4-8(6)15/h1-4,15H,5H2,(H,16,17). The summed E-state index contributed by atoms with van der Waals surface area (Å²) < 4.78 is 1.21. The van der Waals surface area contributed by atoms with Crippen molar-refractivity contribution in [2.45, 2.75) is 6.42 Å². The quantitative estimate of drug-likeness (QED) is 0.860. The summed E-state index contributed by atoms with van der Waals surface area (Å²) in [5.74, 6) is -1.08. The Bertz CT molecular complexity index is 568. The van der Waals surface area contributed by atoms with Gasteiger partial charge >= 0.3 is 5.97 Å². The van der Waals surface area contributed by atoms with Crippen LogP contribution in [0.3, 0.4) is 0 Å². The molecular formula is C10H8ClN3O3. The van der Waals surface area contributed by atoms with Crippen LogP contribution in [-0.2, 0) is 11.2 Å². The third-order valence-corrected chi connectivity index (χ3v) is 2.44. The Morgan fingerprint density at radius 3 is 2.76 bits per heavy atom. The van der Waals surface area contributed by atoms with E-state index in [-0.39, 0.29) is 23.0 Å². The third kappa shape index (κ3) is 2.21. The fraction of sp³-hybridized carbons (Fsp3) is 0.100. The number of hydrogen-bond donors (Lipinski definition) is 2. The minimum Gasteiger partial charge on any atom is -0.506 e. The number of para-hydroxylation sites is 2. The second-order valence-corrected chi connectivity index (χ2v) is 3.66. The highest BCUT2D eigenvalue weighted by molar-refractivity contribution is 6.30. The summed E-state index contributed by atoms with van der Waals surface area (Å²) in [6, 6.07) is 6.39. The molecule has 2 N–H and O–H groups in total. The molecule has 0 fully saturated rings. The van der Waals surface area contributed by atoms with Crippen LogP contribution in [0.2, 0.25) is 5.15 Å². The van der Waals surface area contributed by atoms with Gasteiger partial charge in [-0.2, -0.15) is 0 Å². The molecule has 0 unspecified atom stereocenters. The van der Waals surface area contributed by atoms with Crippen LogP contribution in [0, 0.1) is 0 Å². The highest BCUT2D eigenvalue weighted by atomic mass is 35.5. The Hall–Kier alpha value is -2.08. The maximum atomic E-state index is 10.7. The van der Waals surface area contributed by atoms with E-state index in [2.05, 4.69) is 10.3 Å². The highest BCUT2D eigenvalue weighted by Crippen LogP contribution is 2.24. The molecule has 6 nitrogen and oxygen atoms in total. The monoisotopic (exact) mass is 253 g/mol. The molecule has 0 aliphatic carbocycles. The fourth-order valence-corrected chi connectivity index (χ4v) is 1.59. The molecule has 0 amide bonds. The van der Waals surface area contributed by atoms with Crippen molar-refractivity contribution in [3.63, 3.8) is 0 Å². The molecule has 0 radical (unpaired) electrons. The van der Waals surface area contributed by atoms with Gasteiger partial charge in [0, 0.05) is 0 Å². The lowest BCUT2D eigenvalue weighted by atomic mass is 10.2. The third-order valence-electron chi connectivity index (χ3n) is 2.14. The van der Waals surface area contributed by atoms with Crippen LogP contribution in [-0.4, -0.2) is 31.2 Å². The van der Waals surface area contributed by atoms with Crippen LogP contribution >= 0.6 is 11.6 Å². The van der Waals surface area contributed by atoms with Gasteiger partial charge in [-0.05, 0) is 12.1 Å². The number of carboxylic acid groups (broad SMARTS) is 1.